The van der Waals surface area contributed by atoms with Crippen molar-refractivity contribution in [3.05, 3.63) is 71.8 Å². The van der Waals surface area contributed by atoms with Gasteiger partial charge in [-0.25, -0.2) is 0 Å². The second-order valence-electron chi connectivity index (χ2n) is 6.23. The zero-order valence-corrected chi connectivity index (χ0v) is 13.8. The maximum atomic E-state index is 12.2. The van der Waals surface area contributed by atoms with Crippen LogP contribution in [0.5, 0.6) is 0 Å². The number of hydrogen-bond acceptors (Lipinski definition) is 3. The highest BCUT2D eigenvalue weighted by atomic mass is 16.5. The minimum atomic E-state index is -0.550. The molecule has 0 saturated carbocycles. The Morgan fingerprint density at radius 2 is 1.39 bits per heavy atom. The average Bonchev–Trinajstić information content (AvgIpc) is 2.58. The van der Waals surface area contributed by atoms with Crippen LogP contribution in [0.3, 0.4) is 0 Å². The van der Waals surface area contributed by atoms with Gasteiger partial charge < -0.3 is 9.47 Å². The summed E-state index contributed by atoms with van der Waals surface area (Å²) in [6.45, 7) is 5.20. The van der Waals surface area contributed by atoms with E-state index in [0.29, 0.717) is 26.2 Å². The van der Waals surface area contributed by atoms with Gasteiger partial charge in [-0.15, -0.1) is 0 Å². The van der Waals surface area contributed by atoms with E-state index in [1.54, 1.807) is 0 Å². The summed E-state index contributed by atoms with van der Waals surface area (Å²) in [6.07, 6.45) is 0.632. The van der Waals surface area contributed by atoms with Crippen molar-refractivity contribution in [3.8, 4) is 0 Å². The minimum absolute atomic E-state index is 0.190. The van der Waals surface area contributed by atoms with Gasteiger partial charge in [-0.2, -0.15) is 0 Å². The Kier molecular flexibility index (Phi) is 6.36. The van der Waals surface area contributed by atoms with Gasteiger partial charge in [-0.1, -0.05) is 60.7 Å². The Hall–Kier alpha value is -2.13. The van der Waals surface area contributed by atoms with E-state index >= 15 is 0 Å². The van der Waals surface area contributed by atoms with Crippen LogP contribution in [0.15, 0.2) is 60.7 Å². The van der Waals surface area contributed by atoms with Crippen LogP contribution in [0.25, 0.3) is 0 Å². The van der Waals surface area contributed by atoms with Gasteiger partial charge in [0, 0.05) is 6.61 Å². The van der Waals surface area contributed by atoms with Crippen molar-refractivity contribution in [1.29, 1.82) is 0 Å². The summed E-state index contributed by atoms with van der Waals surface area (Å²) in [5.74, 6) is -0.190. The minimum Gasteiger partial charge on any atom is -0.460 e. The van der Waals surface area contributed by atoms with Crippen molar-refractivity contribution in [2.45, 2.75) is 33.5 Å². The predicted molar refractivity (Wildman–Crippen MR) is 90.7 cm³/mol. The lowest BCUT2D eigenvalue weighted by Gasteiger charge is -2.22. The molecule has 0 spiro atoms. The molecule has 0 N–H and O–H groups in total. The predicted octanol–water partition coefficient (Wildman–Crippen LogP) is 4.36. The lowest BCUT2D eigenvalue weighted by Crippen LogP contribution is -2.28. The number of hydrogen-bond donors (Lipinski definition) is 0. The molecule has 0 saturated heterocycles. The lowest BCUT2D eigenvalue weighted by molar-refractivity contribution is -0.156. The third-order valence-corrected chi connectivity index (χ3v) is 3.75. The molecule has 23 heavy (non-hydrogen) atoms. The average molecular weight is 312 g/mol. The number of rotatable bonds is 8. The van der Waals surface area contributed by atoms with Crippen LogP contribution >= 0.6 is 0 Å². The highest BCUT2D eigenvalue weighted by Crippen LogP contribution is 2.23. The molecule has 2 rings (SSSR count). The number of ether oxygens (including phenoxy) is 2. The van der Waals surface area contributed by atoms with Gasteiger partial charge in [-0.3, -0.25) is 4.79 Å². The molecule has 0 amide bonds. The summed E-state index contributed by atoms with van der Waals surface area (Å²) < 4.78 is 11.1. The Labute approximate surface area is 138 Å². The lowest BCUT2D eigenvalue weighted by atomic mass is 9.90. The Morgan fingerprint density at radius 1 is 0.870 bits per heavy atom. The molecule has 0 heterocycles. The number of carbonyl (C=O) groups is 1. The molecule has 2 aromatic carbocycles. The number of carbonyl (C=O) groups excluding carboxylic acids is 1. The fourth-order valence-electron chi connectivity index (χ4n) is 2.11. The first-order chi connectivity index (χ1) is 11.1. The molecule has 3 heteroatoms. The van der Waals surface area contributed by atoms with Crippen LogP contribution in [0.4, 0.5) is 0 Å². The number of esters is 1. The van der Waals surface area contributed by atoms with Crippen LogP contribution in [0, 0.1) is 5.41 Å². The number of benzene rings is 2. The fraction of sp³-hybridized carbons (Fsp3) is 0.350. The largest absolute Gasteiger partial charge is 0.460 e. The maximum absolute atomic E-state index is 12.2. The monoisotopic (exact) mass is 312 g/mol. The molecule has 122 valence electrons. The van der Waals surface area contributed by atoms with Gasteiger partial charge in [0.2, 0.25) is 0 Å². The van der Waals surface area contributed by atoms with Crippen LogP contribution in [0.1, 0.15) is 31.4 Å². The standard InChI is InChI=1S/C20H24O3/c1-20(2,13-14-22-15-17-9-5-3-6-10-17)19(21)23-16-18-11-7-4-8-12-18/h3-12H,13-16H2,1-2H3. The summed E-state index contributed by atoms with van der Waals surface area (Å²) in [4.78, 5) is 12.2. The van der Waals surface area contributed by atoms with E-state index in [9.17, 15) is 4.79 Å². The third-order valence-electron chi connectivity index (χ3n) is 3.75. The zero-order chi connectivity index (χ0) is 16.5. The Balaban J connectivity index is 1.71. The molecule has 2 aromatic rings. The Bertz CT molecular complexity index is 591. The van der Waals surface area contributed by atoms with E-state index in [-0.39, 0.29) is 5.97 Å². The highest BCUT2D eigenvalue weighted by Gasteiger charge is 2.29. The molecule has 0 radical (unpaired) electrons. The molecule has 0 aliphatic carbocycles. The topological polar surface area (TPSA) is 35.5 Å². The van der Waals surface area contributed by atoms with E-state index in [1.807, 2.05) is 74.5 Å². The second-order valence-corrected chi connectivity index (χ2v) is 6.23. The van der Waals surface area contributed by atoms with Crippen molar-refractivity contribution in [2.75, 3.05) is 6.61 Å². The van der Waals surface area contributed by atoms with Gasteiger partial charge in [0.15, 0.2) is 0 Å². The van der Waals surface area contributed by atoms with Crippen molar-refractivity contribution in [2.24, 2.45) is 5.41 Å². The quantitative estimate of drug-likeness (QED) is 0.536. The summed E-state index contributed by atoms with van der Waals surface area (Å²) >= 11 is 0. The van der Waals surface area contributed by atoms with Crippen LogP contribution < -0.4 is 0 Å². The zero-order valence-electron chi connectivity index (χ0n) is 13.8. The van der Waals surface area contributed by atoms with Crippen LogP contribution in [-0.4, -0.2) is 12.6 Å². The molecule has 0 aromatic heterocycles. The molecule has 0 bridgehead atoms. The molecule has 0 unspecified atom stereocenters. The molecular weight excluding hydrogens is 288 g/mol. The first-order valence-electron chi connectivity index (χ1n) is 7.91. The van der Waals surface area contributed by atoms with Crippen LogP contribution in [-0.2, 0) is 27.5 Å². The summed E-state index contributed by atoms with van der Waals surface area (Å²) in [7, 11) is 0. The van der Waals surface area contributed by atoms with Crippen molar-refractivity contribution < 1.29 is 14.3 Å². The van der Waals surface area contributed by atoms with E-state index < -0.39 is 5.41 Å². The summed E-state index contributed by atoms with van der Waals surface area (Å²) in [6, 6.07) is 19.7. The van der Waals surface area contributed by atoms with E-state index in [4.69, 9.17) is 9.47 Å². The van der Waals surface area contributed by atoms with E-state index in [1.165, 1.54) is 0 Å². The molecule has 3 nitrogen and oxygen atoms in total. The molecule has 0 fully saturated rings. The first kappa shape index (κ1) is 17.2. The highest BCUT2D eigenvalue weighted by molar-refractivity contribution is 5.75. The fourth-order valence-corrected chi connectivity index (χ4v) is 2.11. The van der Waals surface area contributed by atoms with Crippen LogP contribution in [0.2, 0.25) is 0 Å². The summed E-state index contributed by atoms with van der Waals surface area (Å²) in [5.41, 5.74) is 1.58. The smallest absolute Gasteiger partial charge is 0.311 e. The molecular formula is C20H24O3. The second kappa shape index (κ2) is 8.49. The summed E-state index contributed by atoms with van der Waals surface area (Å²) in [5, 5.41) is 0. The molecule has 0 aliphatic heterocycles. The van der Waals surface area contributed by atoms with Crippen molar-refractivity contribution in [1.82, 2.24) is 0 Å². The molecule has 0 atom stereocenters. The SMILES string of the molecule is CC(C)(CCOCc1ccccc1)C(=O)OCc1ccccc1. The van der Waals surface area contributed by atoms with E-state index in [0.717, 1.165) is 11.1 Å². The van der Waals surface area contributed by atoms with Gasteiger partial charge in [0.25, 0.3) is 0 Å². The third kappa shape index (κ3) is 5.87. The first-order valence-corrected chi connectivity index (χ1v) is 7.91. The van der Waals surface area contributed by atoms with Gasteiger partial charge in [0.1, 0.15) is 6.61 Å². The maximum Gasteiger partial charge on any atom is 0.311 e. The van der Waals surface area contributed by atoms with Crippen molar-refractivity contribution >= 4 is 5.97 Å². The Morgan fingerprint density at radius 3 is 1.96 bits per heavy atom. The molecule has 0 aliphatic rings. The van der Waals surface area contributed by atoms with Gasteiger partial charge in [0.05, 0.1) is 12.0 Å². The van der Waals surface area contributed by atoms with Gasteiger partial charge >= 0.3 is 5.97 Å². The normalized spacial score (nSPS) is 11.2. The van der Waals surface area contributed by atoms with E-state index in [2.05, 4.69) is 0 Å². The van der Waals surface area contributed by atoms with Gasteiger partial charge in [-0.05, 0) is 31.4 Å². The van der Waals surface area contributed by atoms with Crippen molar-refractivity contribution in [3.63, 3.8) is 0 Å².